The van der Waals surface area contributed by atoms with Crippen molar-refractivity contribution >= 4 is 0 Å². The fraction of sp³-hybridized carbons (Fsp3) is 0.409. The number of piperidine rings is 1. The van der Waals surface area contributed by atoms with Gasteiger partial charge in [-0.3, -0.25) is 4.90 Å². The predicted octanol–water partition coefficient (Wildman–Crippen LogP) is 3.80. The van der Waals surface area contributed by atoms with Crippen molar-refractivity contribution in [2.45, 2.75) is 56.3 Å². The van der Waals surface area contributed by atoms with E-state index in [2.05, 4.69) is 35.2 Å². The largest absolute Gasteiger partial charge is 0.389 e. The number of nitriles is 1. The number of hydrogen-bond acceptors (Lipinski definition) is 3. The van der Waals surface area contributed by atoms with Gasteiger partial charge < -0.3 is 5.11 Å². The van der Waals surface area contributed by atoms with Crippen molar-refractivity contribution in [2.24, 2.45) is 0 Å². The maximum absolute atomic E-state index is 13.4. The summed E-state index contributed by atoms with van der Waals surface area (Å²) >= 11 is 0. The number of rotatable bonds is 4. The first-order valence-corrected chi connectivity index (χ1v) is 9.27. The molecule has 0 saturated carbocycles. The Labute approximate surface area is 153 Å². The smallest absolute Gasteiger partial charge is 0.124 e. The van der Waals surface area contributed by atoms with E-state index in [1.54, 1.807) is 6.07 Å². The highest BCUT2D eigenvalue weighted by atomic mass is 19.1. The summed E-state index contributed by atoms with van der Waals surface area (Å²) in [7, 11) is 0. The highest BCUT2D eigenvalue weighted by Gasteiger charge is 2.47. The van der Waals surface area contributed by atoms with Crippen LogP contribution in [-0.4, -0.2) is 27.7 Å². The third-order valence-corrected chi connectivity index (χ3v) is 5.92. The van der Waals surface area contributed by atoms with E-state index in [0.29, 0.717) is 36.9 Å². The fourth-order valence-corrected chi connectivity index (χ4v) is 4.77. The molecule has 2 saturated heterocycles. The third kappa shape index (κ3) is 3.38. The first-order chi connectivity index (χ1) is 12.6. The Hall–Kier alpha value is -2.22. The average molecular weight is 350 g/mol. The summed E-state index contributed by atoms with van der Waals surface area (Å²) in [6.45, 7) is 0.923. The van der Waals surface area contributed by atoms with Gasteiger partial charge in [0.05, 0.1) is 17.2 Å². The topological polar surface area (TPSA) is 47.3 Å². The van der Waals surface area contributed by atoms with Crippen LogP contribution in [-0.2, 0) is 13.0 Å². The molecule has 0 spiro atoms. The maximum Gasteiger partial charge on any atom is 0.124 e. The van der Waals surface area contributed by atoms with E-state index in [-0.39, 0.29) is 0 Å². The van der Waals surface area contributed by atoms with E-state index in [0.717, 1.165) is 24.9 Å². The van der Waals surface area contributed by atoms with Crippen LogP contribution in [0.2, 0.25) is 0 Å². The second kappa shape index (κ2) is 6.83. The molecule has 4 heteroatoms. The van der Waals surface area contributed by atoms with E-state index in [1.807, 2.05) is 6.07 Å². The van der Waals surface area contributed by atoms with Gasteiger partial charge in [0.15, 0.2) is 0 Å². The highest BCUT2D eigenvalue weighted by Crippen LogP contribution is 2.43. The van der Waals surface area contributed by atoms with E-state index in [4.69, 9.17) is 0 Å². The van der Waals surface area contributed by atoms with E-state index in [1.165, 1.54) is 17.7 Å². The molecule has 2 aliphatic heterocycles. The maximum atomic E-state index is 13.4. The molecule has 2 unspecified atom stereocenters. The summed E-state index contributed by atoms with van der Waals surface area (Å²) in [4.78, 5) is 2.53. The minimum atomic E-state index is -0.817. The molecule has 0 aliphatic carbocycles. The van der Waals surface area contributed by atoms with E-state index in [9.17, 15) is 14.8 Å². The molecule has 26 heavy (non-hydrogen) atoms. The molecule has 2 fully saturated rings. The van der Waals surface area contributed by atoms with Gasteiger partial charge in [-0.25, -0.2) is 4.39 Å². The second-order valence-corrected chi connectivity index (χ2v) is 7.77. The van der Waals surface area contributed by atoms with Crippen LogP contribution in [0, 0.1) is 17.1 Å². The minimum Gasteiger partial charge on any atom is -0.389 e. The van der Waals surface area contributed by atoms with Crippen LogP contribution in [0.1, 0.15) is 42.4 Å². The Balaban J connectivity index is 1.50. The zero-order chi connectivity index (χ0) is 18.1. The van der Waals surface area contributed by atoms with Gasteiger partial charge in [0.25, 0.3) is 0 Å². The minimum absolute atomic E-state index is 0.331. The van der Waals surface area contributed by atoms with Gasteiger partial charge in [0.1, 0.15) is 5.82 Å². The van der Waals surface area contributed by atoms with Gasteiger partial charge in [0, 0.05) is 25.0 Å². The van der Waals surface area contributed by atoms with Crippen LogP contribution in [0.5, 0.6) is 0 Å². The Bertz CT molecular complexity index is 816. The van der Waals surface area contributed by atoms with Crippen LogP contribution in [0.15, 0.2) is 48.5 Å². The molecule has 0 radical (unpaired) electrons. The lowest BCUT2D eigenvalue weighted by Gasteiger charge is -2.44. The Morgan fingerprint density at radius 1 is 1.12 bits per heavy atom. The van der Waals surface area contributed by atoms with Gasteiger partial charge in [-0.1, -0.05) is 36.4 Å². The number of benzene rings is 2. The molecule has 2 atom stereocenters. The molecule has 2 aromatic carbocycles. The number of hydrogen-bond donors (Lipinski definition) is 1. The summed E-state index contributed by atoms with van der Waals surface area (Å²) in [6, 6.07) is 17.5. The summed E-state index contributed by atoms with van der Waals surface area (Å²) < 4.78 is 13.4. The average Bonchev–Trinajstić information content (AvgIpc) is 2.88. The quantitative estimate of drug-likeness (QED) is 0.912. The van der Waals surface area contributed by atoms with Gasteiger partial charge in [0.2, 0.25) is 0 Å². The molecule has 1 N–H and O–H groups in total. The van der Waals surface area contributed by atoms with Gasteiger partial charge in [-0.15, -0.1) is 0 Å². The zero-order valence-electron chi connectivity index (χ0n) is 14.7. The standard InChI is InChI=1S/C22H23FN2O/c23-19-7-6-17(18(10-19)14-24)11-22(26)12-20-8-9-21(13-22)25(20)15-16-4-2-1-3-5-16/h1-7,10,20-21,26H,8-9,11-13,15H2. The van der Waals surface area contributed by atoms with Gasteiger partial charge in [-0.05, 0) is 48.9 Å². The number of halogens is 1. The number of fused-ring (bicyclic) bond motifs is 2. The monoisotopic (exact) mass is 350 g/mol. The van der Waals surface area contributed by atoms with Crippen molar-refractivity contribution in [3.63, 3.8) is 0 Å². The predicted molar refractivity (Wildman–Crippen MR) is 97.8 cm³/mol. The molecule has 2 aromatic rings. The Kier molecular flexibility index (Phi) is 4.52. The fourth-order valence-electron chi connectivity index (χ4n) is 4.77. The molecule has 2 aliphatic rings. The lowest BCUT2D eigenvalue weighted by Crippen LogP contribution is -2.51. The van der Waals surface area contributed by atoms with Crippen molar-refractivity contribution < 1.29 is 9.50 Å². The zero-order valence-corrected chi connectivity index (χ0v) is 14.7. The van der Waals surface area contributed by atoms with Crippen molar-refractivity contribution in [1.82, 2.24) is 4.90 Å². The van der Waals surface area contributed by atoms with Crippen molar-refractivity contribution in [3.05, 3.63) is 71.0 Å². The van der Waals surface area contributed by atoms with Crippen molar-refractivity contribution in [1.29, 1.82) is 5.26 Å². The molecule has 2 heterocycles. The molecular formula is C22H23FN2O. The summed E-state index contributed by atoms with van der Waals surface area (Å²) in [5, 5.41) is 20.5. The van der Waals surface area contributed by atoms with Crippen LogP contribution in [0.4, 0.5) is 4.39 Å². The molecular weight excluding hydrogens is 327 g/mol. The van der Waals surface area contributed by atoms with Gasteiger partial charge in [-0.2, -0.15) is 5.26 Å². The molecule has 3 nitrogen and oxygen atoms in total. The van der Waals surface area contributed by atoms with Crippen LogP contribution >= 0.6 is 0 Å². The summed E-state index contributed by atoms with van der Waals surface area (Å²) in [5.74, 6) is -0.407. The molecule has 4 rings (SSSR count). The lowest BCUT2D eigenvalue weighted by molar-refractivity contribution is -0.0540. The SMILES string of the molecule is N#Cc1cc(F)ccc1CC1(O)CC2CCC(C1)N2Cc1ccccc1. The molecule has 2 bridgehead atoms. The molecule has 0 amide bonds. The summed E-state index contributed by atoms with van der Waals surface area (Å²) in [6.07, 6.45) is 4.04. The van der Waals surface area contributed by atoms with E-state index >= 15 is 0 Å². The van der Waals surface area contributed by atoms with Crippen molar-refractivity contribution in [2.75, 3.05) is 0 Å². The van der Waals surface area contributed by atoms with Gasteiger partial charge >= 0.3 is 0 Å². The second-order valence-electron chi connectivity index (χ2n) is 7.77. The number of nitrogens with zero attached hydrogens (tertiary/aromatic N) is 2. The number of aliphatic hydroxyl groups is 1. The normalized spacial score (nSPS) is 28.0. The summed E-state index contributed by atoms with van der Waals surface area (Å²) in [5.41, 5.74) is 1.56. The van der Waals surface area contributed by atoms with Crippen LogP contribution < -0.4 is 0 Å². The third-order valence-electron chi connectivity index (χ3n) is 5.92. The van der Waals surface area contributed by atoms with Crippen LogP contribution in [0.25, 0.3) is 0 Å². The first kappa shape index (κ1) is 17.2. The van der Waals surface area contributed by atoms with Crippen LogP contribution in [0.3, 0.4) is 0 Å². The van der Waals surface area contributed by atoms with Crippen molar-refractivity contribution in [3.8, 4) is 6.07 Å². The Morgan fingerprint density at radius 3 is 2.46 bits per heavy atom. The Morgan fingerprint density at radius 2 is 1.81 bits per heavy atom. The van der Waals surface area contributed by atoms with E-state index < -0.39 is 11.4 Å². The molecule has 134 valence electrons. The lowest BCUT2D eigenvalue weighted by atomic mass is 9.80. The highest BCUT2D eigenvalue weighted by molar-refractivity contribution is 5.39. The first-order valence-electron chi connectivity index (χ1n) is 9.27. The molecule has 0 aromatic heterocycles.